The highest BCUT2D eigenvalue weighted by atomic mass is 35.5. The molecule has 18 heavy (non-hydrogen) atoms. The SMILES string of the molecule is Cc1nn(C)c(Cl)c1CN1CCCNC(C)(C)C1. The molecule has 0 saturated carbocycles. The first-order valence-corrected chi connectivity index (χ1v) is 6.92. The third kappa shape index (κ3) is 3.05. The van der Waals surface area contributed by atoms with Gasteiger partial charge >= 0.3 is 0 Å². The Morgan fingerprint density at radius 1 is 1.44 bits per heavy atom. The van der Waals surface area contributed by atoms with E-state index >= 15 is 0 Å². The molecule has 1 aliphatic rings. The molecule has 1 aliphatic heterocycles. The highest BCUT2D eigenvalue weighted by molar-refractivity contribution is 6.30. The molecule has 0 spiro atoms. The van der Waals surface area contributed by atoms with Crippen LogP contribution in [-0.4, -0.2) is 39.9 Å². The van der Waals surface area contributed by atoms with Crippen molar-refractivity contribution < 1.29 is 0 Å². The topological polar surface area (TPSA) is 33.1 Å². The van der Waals surface area contributed by atoms with Gasteiger partial charge in [0.15, 0.2) is 0 Å². The van der Waals surface area contributed by atoms with Gasteiger partial charge in [-0.2, -0.15) is 5.10 Å². The van der Waals surface area contributed by atoms with Crippen molar-refractivity contribution in [1.29, 1.82) is 0 Å². The van der Waals surface area contributed by atoms with Crippen LogP contribution < -0.4 is 5.32 Å². The van der Waals surface area contributed by atoms with Gasteiger partial charge < -0.3 is 5.32 Å². The molecule has 1 fully saturated rings. The lowest BCUT2D eigenvalue weighted by atomic mass is 10.1. The number of aromatic nitrogens is 2. The maximum Gasteiger partial charge on any atom is 0.131 e. The minimum absolute atomic E-state index is 0.166. The van der Waals surface area contributed by atoms with E-state index in [1.165, 1.54) is 6.42 Å². The van der Waals surface area contributed by atoms with Crippen molar-refractivity contribution in [3.05, 3.63) is 16.4 Å². The molecule has 102 valence electrons. The van der Waals surface area contributed by atoms with E-state index in [9.17, 15) is 0 Å². The maximum atomic E-state index is 6.30. The summed E-state index contributed by atoms with van der Waals surface area (Å²) < 4.78 is 1.76. The van der Waals surface area contributed by atoms with Crippen LogP contribution in [0.15, 0.2) is 0 Å². The lowest BCUT2D eigenvalue weighted by Gasteiger charge is -2.30. The van der Waals surface area contributed by atoms with Gasteiger partial charge in [-0.1, -0.05) is 11.6 Å². The molecule has 2 heterocycles. The zero-order chi connectivity index (χ0) is 13.3. The second-order valence-electron chi connectivity index (χ2n) is 5.85. The van der Waals surface area contributed by atoms with Crippen molar-refractivity contribution in [2.24, 2.45) is 7.05 Å². The normalized spacial score (nSPS) is 20.9. The van der Waals surface area contributed by atoms with Crippen LogP contribution in [0.25, 0.3) is 0 Å². The van der Waals surface area contributed by atoms with Crippen molar-refractivity contribution in [1.82, 2.24) is 20.0 Å². The fraction of sp³-hybridized carbons (Fsp3) is 0.769. The largest absolute Gasteiger partial charge is 0.310 e. The Hall–Kier alpha value is -0.580. The van der Waals surface area contributed by atoms with Crippen LogP contribution in [0.4, 0.5) is 0 Å². The summed E-state index contributed by atoms with van der Waals surface area (Å²) in [6.07, 6.45) is 1.18. The van der Waals surface area contributed by atoms with Gasteiger partial charge in [-0.15, -0.1) is 0 Å². The van der Waals surface area contributed by atoms with E-state index in [0.29, 0.717) is 0 Å². The van der Waals surface area contributed by atoms with Crippen molar-refractivity contribution in [3.63, 3.8) is 0 Å². The van der Waals surface area contributed by atoms with E-state index in [1.807, 2.05) is 14.0 Å². The summed E-state index contributed by atoms with van der Waals surface area (Å²) in [5.41, 5.74) is 2.37. The summed E-state index contributed by atoms with van der Waals surface area (Å²) in [6, 6.07) is 0. The lowest BCUT2D eigenvalue weighted by molar-refractivity contribution is 0.223. The zero-order valence-corrected chi connectivity index (χ0v) is 12.5. The number of hydrogen-bond acceptors (Lipinski definition) is 3. The molecule has 0 bridgehead atoms. The summed E-state index contributed by atoms with van der Waals surface area (Å²) in [4.78, 5) is 2.47. The maximum absolute atomic E-state index is 6.30. The summed E-state index contributed by atoms with van der Waals surface area (Å²) >= 11 is 6.30. The minimum atomic E-state index is 0.166. The summed E-state index contributed by atoms with van der Waals surface area (Å²) in [6.45, 7) is 10.7. The molecule has 0 aliphatic carbocycles. The Morgan fingerprint density at radius 3 is 2.78 bits per heavy atom. The van der Waals surface area contributed by atoms with Gasteiger partial charge in [0, 0.05) is 31.2 Å². The molecule has 1 saturated heterocycles. The van der Waals surface area contributed by atoms with Crippen LogP contribution >= 0.6 is 11.6 Å². The Kier molecular flexibility index (Phi) is 3.99. The van der Waals surface area contributed by atoms with Gasteiger partial charge in [-0.3, -0.25) is 9.58 Å². The first-order chi connectivity index (χ1) is 8.39. The molecule has 0 unspecified atom stereocenters. The quantitative estimate of drug-likeness (QED) is 0.892. The molecule has 1 N–H and O–H groups in total. The number of rotatable bonds is 2. The standard InChI is InChI=1S/C13H23ClN4/c1-10-11(12(14)17(4)16-10)8-18-7-5-6-15-13(2,3)9-18/h15H,5-9H2,1-4H3. The molecule has 0 radical (unpaired) electrons. The highest BCUT2D eigenvalue weighted by Crippen LogP contribution is 2.22. The molecular formula is C13H23ClN4. The molecule has 0 aromatic carbocycles. The Morgan fingerprint density at radius 2 is 2.17 bits per heavy atom. The van der Waals surface area contributed by atoms with E-state index in [-0.39, 0.29) is 5.54 Å². The van der Waals surface area contributed by atoms with Gasteiger partial charge in [-0.05, 0) is 40.3 Å². The molecule has 1 aromatic rings. The van der Waals surface area contributed by atoms with Crippen molar-refractivity contribution in [3.8, 4) is 0 Å². The Labute approximate surface area is 114 Å². The number of aryl methyl sites for hydroxylation is 2. The van der Waals surface area contributed by atoms with E-state index in [2.05, 4.69) is 29.2 Å². The second kappa shape index (κ2) is 5.19. The molecule has 5 heteroatoms. The van der Waals surface area contributed by atoms with Gasteiger partial charge in [-0.25, -0.2) is 0 Å². The minimum Gasteiger partial charge on any atom is -0.310 e. The first-order valence-electron chi connectivity index (χ1n) is 6.54. The smallest absolute Gasteiger partial charge is 0.131 e. The second-order valence-corrected chi connectivity index (χ2v) is 6.21. The van der Waals surface area contributed by atoms with Crippen molar-refractivity contribution >= 4 is 11.6 Å². The monoisotopic (exact) mass is 270 g/mol. The number of nitrogens with zero attached hydrogens (tertiary/aromatic N) is 3. The predicted molar refractivity (Wildman–Crippen MR) is 74.9 cm³/mol. The average Bonchev–Trinajstić information content (AvgIpc) is 2.46. The average molecular weight is 271 g/mol. The van der Waals surface area contributed by atoms with Gasteiger partial charge in [0.25, 0.3) is 0 Å². The fourth-order valence-electron chi connectivity index (χ4n) is 2.64. The van der Waals surface area contributed by atoms with Crippen molar-refractivity contribution in [2.45, 2.75) is 39.3 Å². The molecule has 1 aromatic heterocycles. The van der Waals surface area contributed by atoms with Gasteiger partial charge in [0.2, 0.25) is 0 Å². The number of nitrogens with one attached hydrogen (secondary N) is 1. The third-order valence-corrected chi connectivity index (χ3v) is 4.00. The summed E-state index contributed by atoms with van der Waals surface area (Å²) in [5, 5.41) is 8.72. The molecule has 0 amide bonds. The summed E-state index contributed by atoms with van der Waals surface area (Å²) in [7, 11) is 1.90. The molecule has 4 nitrogen and oxygen atoms in total. The van der Waals surface area contributed by atoms with Crippen LogP contribution in [0.2, 0.25) is 5.15 Å². The lowest BCUT2D eigenvalue weighted by Crippen LogP contribution is -2.46. The van der Waals surface area contributed by atoms with E-state index in [1.54, 1.807) is 4.68 Å². The van der Waals surface area contributed by atoms with E-state index in [4.69, 9.17) is 11.6 Å². The van der Waals surface area contributed by atoms with Crippen LogP contribution in [0.1, 0.15) is 31.5 Å². The van der Waals surface area contributed by atoms with Gasteiger partial charge in [0.1, 0.15) is 5.15 Å². The fourth-order valence-corrected chi connectivity index (χ4v) is 2.87. The number of hydrogen-bond donors (Lipinski definition) is 1. The van der Waals surface area contributed by atoms with Gasteiger partial charge in [0.05, 0.1) is 5.69 Å². The molecule has 2 rings (SSSR count). The van der Waals surface area contributed by atoms with E-state index < -0.39 is 0 Å². The Balaban J connectivity index is 2.12. The van der Waals surface area contributed by atoms with Crippen LogP contribution in [0, 0.1) is 6.92 Å². The predicted octanol–water partition coefficient (Wildman–Crippen LogP) is 1.96. The molecular weight excluding hydrogens is 248 g/mol. The highest BCUT2D eigenvalue weighted by Gasteiger charge is 2.25. The van der Waals surface area contributed by atoms with E-state index in [0.717, 1.165) is 42.6 Å². The third-order valence-electron chi connectivity index (χ3n) is 3.53. The van der Waals surface area contributed by atoms with Crippen LogP contribution in [-0.2, 0) is 13.6 Å². The Bertz CT molecular complexity index is 425. The zero-order valence-electron chi connectivity index (χ0n) is 11.8. The number of halogens is 1. The summed E-state index contributed by atoms with van der Waals surface area (Å²) in [5.74, 6) is 0. The van der Waals surface area contributed by atoms with Crippen LogP contribution in [0.5, 0.6) is 0 Å². The first kappa shape index (κ1) is 13.8. The van der Waals surface area contributed by atoms with Crippen molar-refractivity contribution in [2.75, 3.05) is 19.6 Å². The van der Waals surface area contributed by atoms with Crippen LogP contribution in [0.3, 0.4) is 0 Å². The molecule has 0 atom stereocenters.